The first-order valence-electron chi connectivity index (χ1n) is 13.0. The van der Waals surface area contributed by atoms with Gasteiger partial charge in [0, 0.05) is 29.9 Å². The van der Waals surface area contributed by atoms with Crippen molar-refractivity contribution in [2.24, 2.45) is 17.8 Å². The Morgan fingerprint density at radius 3 is 2.63 bits per heavy atom. The van der Waals surface area contributed by atoms with Crippen LogP contribution in [0.2, 0.25) is 0 Å². The van der Waals surface area contributed by atoms with Crippen molar-refractivity contribution in [3.05, 3.63) is 36.0 Å². The van der Waals surface area contributed by atoms with Gasteiger partial charge in [-0.05, 0) is 43.2 Å². The van der Waals surface area contributed by atoms with E-state index in [4.69, 9.17) is 0 Å². The highest BCUT2D eigenvalue weighted by Crippen LogP contribution is 2.38. The molecule has 2 saturated heterocycles. The molecule has 0 unspecified atom stereocenters. The molecule has 2 aromatic rings. The first-order chi connectivity index (χ1) is 17.0. The van der Waals surface area contributed by atoms with Gasteiger partial charge in [-0.1, -0.05) is 50.3 Å². The number of benzene rings is 1. The number of rotatable bonds is 7. The summed E-state index contributed by atoms with van der Waals surface area (Å²) < 4.78 is 0. The molecule has 35 heavy (non-hydrogen) atoms. The van der Waals surface area contributed by atoms with E-state index < -0.39 is 12.1 Å². The van der Waals surface area contributed by atoms with Crippen LogP contribution in [-0.4, -0.2) is 59.1 Å². The molecule has 1 aromatic carbocycles. The summed E-state index contributed by atoms with van der Waals surface area (Å²) in [6, 6.07) is 8.21. The van der Waals surface area contributed by atoms with Crippen molar-refractivity contribution in [3.8, 4) is 0 Å². The monoisotopic (exact) mass is 478 g/mol. The van der Waals surface area contributed by atoms with Gasteiger partial charge < -0.3 is 25.3 Å². The van der Waals surface area contributed by atoms with Crippen LogP contribution in [0.5, 0.6) is 0 Å². The summed E-state index contributed by atoms with van der Waals surface area (Å²) in [6.45, 7) is 1.15. The fourth-order valence-corrected chi connectivity index (χ4v) is 6.24. The molecular weight excluding hydrogens is 444 g/mol. The number of aromatic amines is 1. The molecule has 8 nitrogen and oxygen atoms in total. The van der Waals surface area contributed by atoms with Crippen LogP contribution in [0, 0.1) is 17.8 Å². The number of likely N-dealkylation sites (tertiary alicyclic amines) is 1. The van der Waals surface area contributed by atoms with Crippen LogP contribution in [0.1, 0.15) is 61.9 Å². The summed E-state index contributed by atoms with van der Waals surface area (Å²) in [4.78, 5) is 55.7. The van der Waals surface area contributed by atoms with Crippen LogP contribution in [0.3, 0.4) is 0 Å². The van der Waals surface area contributed by atoms with Crippen molar-refractivity contribution >= 4 is 34.9 Å². The van der Waals surface area contributed by atoms with E-state index in [0.29, 0.717) is 43.8 Å². The highest BCUT2D eigenvalue weighted by molar-refractivity contribution is 6.00. The second kappa shape index (κ2) is 10.2. The number of H-pyrrole nitrogens is 1. The molecule has 2 aliphatic heterocycles. The van der Waals surface area contributed by atoms with Gasteiger partial charge in [-0.3, -0.25) is 14.4 Å². The van der Waals surface area contributed by atoms with Crippen molar-refractivity contribution < 1.29 is 19.2 Å². The molecule has 4 atom stereocenters. The molecule has 3 heterocycles. The Balaban J connectivity index is 1.34. The fourth-order valence-electron chi connectivity index (χ4n) is 6.24. The Morgan fingerprint density at radius 1 is 1.11 bits per heavy atom. The summed E-state index contributed by atoms with van der Waals surface area (Å²) in [5.41, 5.74) is 1.36. The van der Waals surface area contributed by atoms with Gasteiger partial charge in [0.05, 0.1) is 6.04 Å². The minimum absolute atomic E-state index is 0.0695. The number of aromatic nitrogens is 1. The molecule has 3 fully saturated rings. The zero-order valence-electron chi connectivity index (χ0n) is 20.0. The van der Waals surface area contributed by atoms with E-state index in [0.717, 1.165) is 23.7 Å². The summed E-state index contributed by atoms with van der Waals surface area (Å²) in [6.07, 6.45) is 8.20. The van der Waals surface area contributed by atoms with Crippen LogP contribution in [0.25, 0.3) is 10.9 Å². The Morgan fingerprint density at radius 2 is 1.91 bits per heavy atom. The summed E-state index contributed by atoms with van der Waals surface area (Å²) in [5, 5.41) is 6.58. The number of hydrogen-bond acceptors (Lipinski definition) is 4. The first-order valence-corrected chi connectivity index (χ1v) is 13.0. The summed E-state index contributed by atoms with van der Waals surface area (Å²) in [5.74, 6) is -0.0351. The third kappa shape index (κ3) is 4.97. The van der Waals surface area contributed by atoms with Crippen LogP contribution in [0.4, 0.5) is 0 Å². The molecule has 5 rings (SSSR count). The van der Waals surface area contributed by atoms with Gasteiger partial charge in [0.2, 0.25) is 11.8 Å². The molecule has 0 spiro atoms. The van der Waals surface area contributed by atoms with Gasteiger partial charge >= 0.3 is 0 Å². The van der Waals surface area contributed by atoms with Crippen LogP contribution < -0.4 is 10.6 Å². The van der Waals surface area contributed by atoms with Gasteiger partial charge in [0.15, 0.2) is 0 Å². The molecule has 186 valence electrons. The van der Waals surface area contributed by atoms with Crippen molar-refractivity contribution in [1.29, 1.82) is 0 Å². The Labute approximate surface area is 205 Å². The highest BCUT2D eigenvalue weighted by atomic mass is 16.2. The molecule has 1 aliphatic carbocycles. The average molecular weight is 479 g/mol. The minimum Gasteiger partial charge on any atom is -0.356 e. The SMILES string of the molecule is O=C[C@H](C[C@@H]1CCNC1=O)NC(=O)[C@@H]1C[C@@H](C2CCCCC2)CN1C(=O)c1cc2ccccc2[nH]1. The van der Waals surface area contributed by atoms with E-state index in [-0.39, 0.29) is 36.0 Å². The summed E-state index contributed by atoms with van der Waals surface area (Å²) in [7, 11) is 0. The second-order valence-corrected chi connectivity index (χ2v) is 10.4. The minimum atomic E-state index is -0.741. The van der Waals surface area contributed by atoms with Gasteiger partial charge in [-0.25, -0.2) is 0 Å². The summed E-state index contributed by atoms with van der Waals surface area (Å²) >= 11 is 0. The topological polar surface area (TPSA) is 111 Å². The van der Waals surface area contributed by atoms with Crippen molar-refractivity contribution in [3.63, 3.8) is 0 Å². The lowest BCUT2D eigenvalue weighted by Gasteiger charge is -2.27. The molecule has 3 N–H and O–H groups in total. The van der Waals surface area contributed by atoms with Crippen molar-refractivity contribution in [1.82, 2.24) is 20.5 Å². The predicted octanol–water partition coefficient (Wildman–Crippen LogP) is 2.79. The van der Waals surface area contributed by atoms with Crippen LogP contribution >= 0.6 is 0 Å². The third-order valence-electron chi connectivity index (χ3n) is 8.17. The number of amides is 3. The average Bonchev–Trinajstić information content (AvgIpc) is 3.62. The van der Waals surface area contributed by atoms with E-state index in [2.05, 4.69) is 15.6 Å². The predicted molar refractivity (Wildman–Crippen MR) is 132 cm³/mol. The maximum absolute atomic E-state index is 13.6. The van der Waals surface area contributed by atoms with Gasteiger partial charge in [-0.15, -0.1) is 0 Å². The number of hydrogen-bond donors (Lipinski definition) is 3. The third-order valence-corrected chi connectivity index (χ3v) is 8.17. The quantitative estimate of drug-likeness (QED) is 0.531. The lowest BCUT2D eigenvalue weighted by atomic mass is 9.79. The Hall–Kier alpha value is -3.16. The number of carbonyl (C=O) groups is 4. The number of carbonyl (C=O) groups excluding carboxylic acids is 4. The molecule has 0 bridgehead atoms. The lowest BCUT2D eigenvalue weighted by molar-refractivity contribution is -0.128. The van der Waals surface area contributed by atoms with E-state index in [9.17, 15) is 19.2 Å². The van der Waals surface area contributed by atoms with Crippen molar-refractivity contribution in [2.45, 2.75) is 63.5 Å². The van der Waals surface area contributed by atoms with Crippen LogP contribution in [-0.2, 0) is 14.4 Å². The molecule has 1 saturated carbocycles. The van der Waals surface area contributed by atoms with Crippen molar-refractivity contribution in [2.75, 3.05) is 13.1 Å². The Bertz CT molecular complexity index is 1070. The van der Waals surface area contributed by atoms with E-state index in [1.165, 1.54) is 19.3 Å². The molecular formula is C27H34N4O4. The van der Waals surface area contributed by atoms with Gasteiger partial charge in [-0.2, -0.15) is 0 Å². The van der Waals surface area contributed by atoms with E-state index in [1.54, 1.807) is 4.90 Å². The maximum Gasteiger partial charge on any atom is 0.270 e. The zero-order chi connectivity index (χ0) is 24.4. The van der Waals surface area contributed by atoms with E-state index >= 15 is 0 Å². The molecule has 1 aromatic heterocycles. The number of fused-ring (bicyclic) bond motifs is 1. The smallest absolute Gasteiger partial charge is 0.270 e. The number of nitrogens with zero attached hydrogens (tertiary/aromatic N) is 1. The number of aldehydes is 1. The number of nitrogens with one attached hydrogen (secondary N) is 3. The molecule has 3 amide bonds. The van der Waals surface area contributed by atoms with Gasteiger partial charge in [0.1, 0.15) is 18.0 Å². The second-order valence-electron chi connectivity index (χ2n) is 10.4. The Kier molecular flexibility index (Phi) is 6.88. The van der Waals surface area contributed by atoms with Gasteiger partial charge in [0.25, 0.3) is 5.91 Å². The number of para-hydroxylation sites is 1. The largest absolute Gasteiger partial charge is 0.356 e. The standard InChI is InChI=1S/C27H34N4O4/c32-16-21(12-19-10-11-28-25(19)33)29-26(34)24-14-20(17-6-2-1-3-7-17)15-31(24)27(35)23-13-18-8-4-5-9-22(18)30-23/h4-5,8-9,13,16-17,19-21,24,30H,1-3,6-7,10-12,14-15H2,(H,28,33)(H,29,34)/t19-,20+,21-,24-/m0/s1. The first kappa shape index (κ1) is 23.6. The fraction of sp³-hybridized carbons (Fsp3) is 0.556. The normalized spacial score (nSPS) is 26.0. The molecule has 0 radical (unpaired) electrons. The van der Waals surface area contributed by atoms with E-state index in [1.807, 2.05) is 30.3 Å². The molecule has 3 aliphatic rings. The molecule has 8 heteroatoms. The maximum atomic E-state index is 13.6. The van der Waals surface area contributed by atoms with Crippen LogP contribution in [0.15, 0.2) is 30.3 Å². The highest BCUT2D eigenvalue weighted by Gasteiger charge is 2.43. The zero-order valence-corrected chi connectivity index (χ0v) is 20.0. The lowest BCUT2D eigenvalue weighted by Crippen LogP contribution is -2.49.